The van der Waals surface area contributed by atoms with Crippen LogP contribution in [0, 0.1) is 60.2 Å². The topological polar surface area (TPSA) is 14.1 Å². The Morgan fingerprint density at radius 2 is 1.43 bits per heavy atom. The van der Waals surface area contributed by atoms with Crippen molar-refractivity contribution in [3.05, 3.63) is 34.7 Å². The van der Waals surface area contributed by atoms with Crippen molar-refractivity contribution in [2.75, 3.05) is 0 Å². The molecule has 0 aromatic heterocycles. The van der Waals surface area contributed by atoms with Crippen LogP contribution in [-0.2, 0) is 0 Å². The summed E-state index contributed by atoms with van der Waals surface area (Å²) in [4.78, 5) is 5.13. The van der Waals surface area contributed by atoms with Crippen LogP contribution in [0.3, 0.4) is 0 Å². The second kappa shape index (κ2) is 9.45. The molecule has 0 radical (unpaired) electrons. The fourth-order valence-electron chi connectivity index (χ4n) is 3.03. The summed E-state index contributed by atoms with van der Waals surface area (Å²) in [6.07, 6.45) is 0. The van der Waals surface area contributed by atoms with E-state index in [0.29, 0.717) is 0 Å². The fraction of sp³-hybridized carbons (Fsp3) is 0.625. The van der Waals surface area contributed by atoms with Crippen molar-refractivity contribution in [1.29, 1.82) is 0 Å². The molecule has 0 heterocycles. The normalized spacial score (nSPS) is 11.2. The molecule has 0 aliphatic rings. The third-order valence-corrected chi connectivity index (χ3v) is 6.87. The van der Waals surface area contributed by atoms with E-state index >= 15 is 0 Å². The Kier molecular flexibility index (Phi) is 11.0. The van der Waals surface area contributed by atoms with Crippen LogP contribution < -0.4 is 5.19 Å². The van der Waals surface area contributed by atoms with Crippen LogP contribution >= 0.6 is 15.2 Å². The van der Waals surface area contributed by atoms with Crippen molar-refractivity contribution in [2.24, 2.45) is 0 Å². The molecule has 21 heavy (non-hydrogen) atoms. The van der Waals surface area contributed by atoms with Gasteiger partial charge in [0.15, 0.2) is 0 Å². The molecule has 0 saturated carbocycles. The van der Waals surface area contributed by atoms with Crippen LogP contribution in [0.1, 0.15) is 43.0 Å². The number of rotatable bonds is 2. The molecular formula is C16H30Cl2NSiU-3. The molecule has 1 aromatic rings. The van der Waals surface area contributed by atoms with Crippen LogP contribution in [-0.4, -0.2) is 13.8 Å². The summed E-state index contributed by atoms with van der Waals surface area (Å²) in [6, 6.07) is 0. The molecule has 1 rings (SSSR count). The van der Waals surface area contributed by atoms with E-state index in [9.17, 15) is 0 Å². The molecule has 0 spiro atoms. The second-order valence-corrected chi connectivity index (χ2v) is 16.6. The van der Waals surface area contributed by atoms with E-state index < -0.39 is 33.3 Å². The molecule has 0 aliphatic carbocycles. The molecule has 5 heteroatoms. The molecule has 0 saturated heterocycles. The maximum atomic E-state index is 5.13. The number of hydrogen-bond acceptors (Lipinski definition) is 0. The number of halogens is 2. The summed E-state index contributed by atoms with van der Waals surface area (Å²) >= 11 is -1.06. The van der Waals surface area contributed by atoms with Gasteiger partial charge in [0.1, 0.15) is 0 Å². The van der Waals surface area contributed by atoms with Gasteiger partial charge in [-0.1, -0.05) is 69.8 Å². The number of nitrogens with zero attached hydrogens (tertiary/aromatic N) is 1. The van der Waals surface area contributed by atoms with Gasteiger partial charge in [-0.25, -0.2) is 5.56 Å². The molecular weight excluding hydrogens is 543 g/mol. The summed E-state index contributed by atoms with van der Waals surface area (Å²) in [7, 11) is 8.26. The van der Waals surface area contributed by atoms with E-state index in [-0.39, 0.29) is 13.0 Å². The van der Waals surface area contributed by atoms with Gasteiger partial charge < -0.3 is 12.4 Å². The van der Waals surface area contributed by atoms with Gasteiger partial charge in [-0.15, -0.1) is 5.54 Å². The van der Waals surface area contributed by atoms with Crippen molar-refractivity contribution in [3.8, 4) is 0 Å². The summed E-state index contributed by atoms with van der Waals surface area (Å²) < 4.78 is 0. The molecule has 1 nitrogen and oxygen atoms in total. The Hall–Kier alpha value is 1.16. The first-order valence-corrected chi connectivity index (χ1v) is 20.0. The van der Waals surface area contributed by atoms with Gasteiger partial charge in [0, 0.05) is 0 Å². The minimum atomic E-state index is -1.69. The van der Waals surface area contributed by atoms with Gasteiger partial charge in [-0.05, 0) is 0 Å². The van der Waals surface area contributed by atoms with E-state index in [4.69, 9.17) is 20.2 Å². The molecule has 0 unspecified atom stereocenters. The first kappa shape index (κ1) is 24.4. The monoisotopic (exact) mass is 572 g/mol. The minimum absolute atomic E-state index is 0. The molecule has 0 fully saturated rings. The summed E-state index contributed by atoms with van der Waals surface area (Å²) in [5.41, 5.74) is 5.94. The third-order valence-electron chi connectivity index (χ3n) is 3.66. The Morgan fingerprint density at radius 1 is 1.05 bits per heavy atom. The van der Waals surface area contributed by atoms with Crippen molar-refractivity contribution in [2.45, 2.75) is 67.1 Å². The molecule has 0 amide bonds. The van der Waals surface area contributed by atoms with Crippen LogP contribution in [0.4, 0.5) is 0 Å². The van der Waals surface area contributed by atoms with E-state index in [0.717, 1.165) is 0 Å². The Bertz CT molecular complexity index is 423. The quantitative estimate of drug-likeness (QED) is 0.302. The molecule has 124 valence electrons. The average Bonchev–Trinajstić information content (AvgIpc) is 2.41. The van der Waals surface area contributed by atoms with Gasteiger partial charge in [-0.3, -0.25) is 0 Å². The summed E-state index contributed by atoms with van der Waals surface area (Å²) in [5, 5.41) is 1.56. The van der Waals surface area contributed by atoms with Crippen LogP contribution in [0.15, 0.2) is 0 Å². The zero-order valence-electron chi connectivity index (χ0n) is 15.2. The van der Waals surface area contributed by atoms with Crippen molar-refractivity contribution in [1.82, 2.24) is 0 Å². The van der Waals surface area contributed by atoms with E-state index in [2.05, 4.69) is 61.6 Å². The van der Waals surface area contributed by atoms with E-state index in [1.807, 2.05) is 0 Å². The zero-order chi connectivity index (χ0) is 16.3. The SMILES string of the molecule is Cc1c(C)c([Si](C)(C)[N-]C(C)(C)C)[c-](C)c1C.[CH3-].[Cl][U][Cl]. The van der Waals surface area contributed by atoms with Gasteiger partial charge in [-0.2, -0.15) is 21.9 Å². The van der Waals surface area contributed by atoms with Gasteiger partial charge in [0.25, 0.3) is 0 Å². The molecule has 0 bridgehead atoms. The fourth-order valence-corrected chi connectivity index (χ4v) is 7.03. The van der Waals surface area contributed by atoms with Crippen LogP contribution in [0.5, 0.6) is 0 Å². The molecule has 0 atom stereocenters. The number of hydrogen-bond donors (Lipinski definition) is 0. The maximum absolute atomic E-state index is 5.13. The van der Waals surface area contributed by atoms with E-state index in [1.54, 1.807) is 5.19 Å². The Balaban J connectivity index is 0. The van der Waals surface area contributed by atoms with Crippen LogP contribution in [0.2, 0.25) is 13.1 Å². The predicted octanol–water partition coefficient (Wildman–Crippen LogP) is 6.05. The molecule has 0 aliphatic heterocycles. The zero-order valence-corrected chi connectivity index (χ0v) is 21.9. The van der Waals surface area contributed by atoms with Crippen molar-refractivity contribution in [3.63, 3.8) is 0 Å². The first-order chi connectivity index (χ1) is 8.89. The van der Waals surface area contributed by atoms with Gasteiger partial charge in [0.05, 0.1) is 0 Å². The van der Waals surface area contributed by atoms with Gasteiger partial charge >= 0.3 is 40.3 Å². The Morgan fingerprint density at radius 3 is 1.67 bits per heavy atom. The average molecular weight is 573 g/mol. The second-order valence-electron chi connectivity index (χ2n) is 6.79. The Labute approximate surface area is 154 Å². The predicted molar refractivity (Wildman–Crippen MR) is 99.3 cm³/mol. The molecule has 1 aromatic carbocycles. The van der Waals surface area contributed by atoms with Gasteiger partial charge in [0.2, 0.25) is 0 Å². The van der Waals surface area contributed by atoms with E-state index in [1.165, 1.54) is 22.3 Å². The van der Waals surface area contributed by atoms with Crippen LogP contribution in [0.25, 0.3) is 4.98 Å². The summed E-state index contributed by atoms with van der Waals surface area (Å²) in [6.45, 7) is 20.3. The standard InChI is InChI=1S/C15H27NSi.CH3.2ClH.U/c1-10-11(2)13(4)14(12(10)3)17(8,9)16-15(5,6)7;;;;/h1-9H3;1H3;2*1H;/q-2;-1;;;+2/p-2. The van der Waals surface area contributed by atoms with Crippen molar-refractivity contribution >= 4 is 28.7 Å². The molecule has 0 N–H and O–H groups in total. The van der Waals surface area contributed by atoms with Crippen molar-refractivity contribution < 1.29 is 25.1 Å². The third kappa shape index (κ3) is 7.06. The first-order valence-electron chi connectivity index (χ1n) is 6.83. The summed E-state index contributed by atoms with van der Waals surface area (Å²) in [5.74, 6) is 0.